The van der Waals surface area contributed by atoms with Crippen LogP contribution in [-0.4, -0.2) is 53.5 Å². The van der Waals surface area contributed by atoms with Gasteiger partial charge in [0.25, 0.3) is 0 Å². The van der Waals surface area contributed by atoms with Crippen LogP contribution in [0.3, 0.4) is 0 Å². The third-order valence-corrected chi connectivity index (χ3v) is 4.79. The van der Waals surface area contributed by atoms with E-state index in [4.69, 9.17) is 0 Å². The van der Waals surface area contributed by atoms with E-state index >= 15 is 0 Å². The maximum atomic E-state index is 12.1. The van der Waals surface area contributed by atoms with Gasteiger partial charge in [0.1, 0.15) is 0 Å². The Labute approximate surface area is 132 Å². The molecule has 1 aliphatic carbocycles. The Balaban J connectivity index is 1.42. The number of nitrogens with zero attached hydrogens (tertiary/aromatic N) is 3. The van der Waals surface area contributed by atoms with Crippen LogP contribution in [0, 0.1) is 5.92 Å². The molecule has 5 nitrogen and oxygen atoms in total. The molecule has 3 rings (SSSR count). The van der Waals surface area contributed by atoms with Crippen LogP contribution in [0.2, 0.25) is 0 Å². The number of amides is 2. The molecule has 120 valence electrons. The maximum Gasteiger partial charge on any atom is 0.317 e. The van der Waals surface area contributed by atoms with Crippen molar-refractivity contribution in [2.45, 2.75) is 32.2 Å². The summed E-state index contributed by atoms with van der Waals surface area (Å²) in [6.07, 6.45) is 5.68. The number of nitrogens with one attached hydrogen (secondary N) is 1. The van der Waals surface area contributed by atoms with Crippen molar-refractivity contribution in [2.75, 3.05) is 32.7 Å². The van der Waals surface area contributed by atoms with E-state index in [1.165, 1.54) is 12.8 Å². The van der Waals surface area contributed by atoms with Crippen LogP contribution in [0.1, 0.15) is 37.9 Å². The van der Waals surface area contributed by atoms with Crippen LogP contribution in [0.25, 0.3) is 0 Å². The minimum absolute atomic E-state index is 0.103. The van der Waals surface area contributed by atoms with E-state index in [0.717, 1.165) is 50.8 Å². The van der Waals surface area contributed by atoms with Crippen LogP contribution < -0.4 is 5.32 Å². The highest BCUT2D eigenvalue weighted by Gasteiger charge is 2.25. The van der Waals surface area contributed by atoms with Crippen molar-refractivity contribution in [1.29, 1.82) is 0 Å². The summed E-state index contributed by atoms with van der Waals surface area (Å²) in [7, 11) is 0. The zero-order valence-electron chi connectivity index (χ0n) is 13.4. The number of pyridine rings is 1. The Kier molecular flexibility index (Phi) is 4.93. The SMILES string of the molecule is C[C@@H](c1ccccn1)N1CCN(C(=O)NCCC2CC2)CC1. The van der Waals surface area contributed by atoms with Crippen LogP contribution in [-0.2, 0) is 0 Å². The molecular formula is C17H26N4O. The van der Waals surface area contributed by atoms with E-state index < -0.39 is 0 Å². The van der Waals surface area contributed by atoms with Gasteiger partial charge in [0.15, 0.2) is 0 Å². The lowest BCUT2D eigenvalue weighted by atomic mass is 10.1. The number of carbonyl (C=O) groups is 1. The number of aromatic nitrogens is 1. The molecule has 1 saturated heterocycles. The number of piperazine rings is 1. The van der Waals surface area contributed by atoms with E-state index in [9.17, 15) is 4.79 Å². The van der Waals surface area contributed by atoms with E-state index in [1.54, 1.807) is 0 Å². The quantitative estimate of drug-likeness (QED) is 0.907. The lowest BCUT2D eigenvalue weighted by Crippen LogP contribution is -2.52. The second-order valence-corrected chi connectivity index (χ2v) is 6.42. The molecule has 1 aromatic heterocycles. The van der Waals surface area contributed by atoms with Gasteiger partial charge >= 0.3 is 6.03 Å². The smallest absolute Gasteiger partial charge is 0.317 e. The van der Waals surface area contributed by atoms with Crippen molar-refractivity contribution in [3.8, 4) is 0 Å². The Morgan fingerprint density at radius 3 is 2.73 bits per heavy atom. The Bertz CT molecular complexity index is 481. The van der Waals surface area contributed by atoms with Crippen LogP contribution >= 0.6 is 0 Å². The molecule has 2 aliphatic rings. The number of carbonyl (C=O) groups excluding carboxylic acids is 1. The Morgan fingerprint density at radius 2 is 2.09 bits per heavy atom. The predicted molar refractivity (Wildman–Crippen MR) is 86.5 cm³/mol. The second-order valence-electron chi connectivity index (χ2n) is 6.42. The first-order valence-electron chi connectivity index (χ1n) is 8.42. The highest BCUT2D eigenvalue weighted by atomic mass is 16.2. The lowest BCUT2D eigenvalue weighted by Gasteiger charge is -2.37. The number of hydrogen-bond donors (Lipinski definition) is 1. The van der Waals surface area contributed by atoms with Crippen molar-refractivity contribution < 1.29 is 4.79 Å². The minimum Gasteiger partial charge on any atom is -0.338 e. The number of hydrogen-bond acceptors (Lipinski definition) is 3. The van der Waals surface area contributed by atoms with Crippen molar-refractivity contribution in [1.82, 2.24) is 20.1 Å². The lowest BCUT2D eigenvalue weighted by molar-refractivity contribution is 0.112. The van der Waals surface area contributed by atoms with Gasteiger partial charge in [-0.3, -0.25) is 9.88 Å². The Morgan fingerprint density at radius 1 is 1.32 bits per heavy atom. The van der Waals surface area contributed by atoms with E-state index in [2.05, 4.69) is 28.2 Å². The predicted octanol–water partition coefficient (Wildman–Crippen LogP) is 2.27. The highest BCUT2D eigenvalue weighted by molar-refractivity contribution is 5.74. The highest BCUT2D eigenvalue weighted by Crippen LogP contribution is 2.31. The van der Waals surface area contributed by atoms with Crippen LogP contribution in [0.15, 0.2) is 24.4 Å². The van der Waals surface area contributed by atoms with Crippen molar-refractivity contribution >= 4 is 6.03 Å². The van der Waals surface area contributed by atoms with Gasteiger partial charge in [-0.1, -0.05) is 18.9 Å². The second kappa shape index (κ2) is 7.09. The summed E-state index contributed by atoms with van der Waals surface area (Å²) in [5.74, 6) is 0.872. The standard InChI is InChI=1S/C17H26N4O/c1-14(16-4-2-3-8-18-16)20-10-12-21(13-11-20)17(22)19-9-7-15-5-6-15/h2-4,8,14-15H,5-7,9-13H2,1H3,(H,19,22)/t14-/m0/s1. The molecule has 0 unspecified atom stereocenters. The molecule has 0 radical (unpaired) electrons. The van der Waals surface area contributed by atoms with Gasteiger partial charge in [-0.25, -0.2) is 4.79 Å². The normalized spacial score (nSPS) is 20.7. The molecule has 5 heteroatoms. The molecule has 22 heavy (non-hydrogen) atoms. The van der Waals surface area contributed by atoms with Crippen molar-refractivity contribution in [3.63, 3.8) is 0 Å². The molecule has 0 spiro atoms. The van der Waals surface area contributed by atoms with E-state index in [-0.39, 0.29) is 6.03 Å². The zero-order valence-corrected chi connectivity index (χ0v) is 13.4. The number of rotatable bonds is 5. The van der Waals surface area contributed by atoms with Gasteiger partial charge < -0.3 is 10.2 Å². The molecule has 0 aromatic carbocycles. The van der Waals surface area contributed by atoms with Crippen molar-refractivity contribution in [2.24, 2.45) is 5.92 Å². The average Bonchev–Trinajstić information content (AvgIpc) is 3.39. The summed E-state index contributed by atoms with van der Waals surface area (Å²) in [6.45, 7) is 6.43. The van der Waals surface area contributed by atoms with Crippen LogP contribution in [0.4, 0.5) is 4.79 Å². The molecule has 1 saturated carbocycles. The monoisotopic (exact) mass is 302 g/mol. The molecule has 2 heterocycles. The van der Waals surface area contributed by atoms with E-state index in [0.29, 0.717) is 6.04 Å². The van der Waals surface area contributed by atoms with Gasteiger partial charge in [-0.15, -0.1) is 0 Å². The average molecular weight is 302 g/mol. The maximum absolute atomic E-state index is 12.1. The summed E-state index contributed by atoms with van der Waals surface area (Å²) in [6, 6.07) is 6.46. The Hall–Kier alpha value is -1.62. The molecule has 2 fully saturated rings. The third kappa shape index (κ3) is 3.97. The zero-order chi connectivity index (χ0) is 15.4. The van der Waals surface area contributed by atoms with Crippen molar-refractivity contribution in [3.05, 3.63) is 30.1 Å². The first kappa shape index (κ1) is 15.3. The topological polar surface area (TPSA) is 48.5 Å². The van der Waals surface area contributed by atoms with Gasteiger partial charge in [-0.05, 0) is 31.4 Å². The summed E-state index contributed by atoms with van der Waals surface area (Å²) in [4.78, 5) is 20.9. The first-order valence-corrected chi connectivity index (χ1v) is 8.42. The summed E-state index contributed by atoms with van der Waals surface area (Å²) < 4.78 is 0. The molecule has 1 N–H and O–H groups in total. The minimum atomic E-state index is 0.103. The molecule has 2 amide bonds. The van der Waals surface area contributed by atoms with Crippen LogP contribution in [0.5, 0.6) is 0 Å². The fraction of sp³-hybridized carbons (Fsp3) is 0.647. The van der Waals surface area contributed by atoms with Gasteiger partial charge in [-0.2, -0.15) is 0 Å². The summed E-state index contributed by atoms with van der Waals surface area (Å²) in [5.41, 5.74) is 1.10. The van der Waals surface area contributed by atoms with E-state index in [1.807, 2.05) is 23.2 Å². The van der Waals surface area contributed by atoms with Gasteiger partial charge in [0.05, 0.1) is 5.69 Å². The fourth-order valence-corrected chi connectivity index (χ4v) is 3.02. The van der Waals surface area contributed by atoms with Gasteiger partial charge in [0, 0.05) is 45.0 Å². The molecule has 0 bridgehead atoms. The fourth-order valence-electron chi connectivity index (χ4n) is 3.02. The molecule has 1 aromatic rings. The van der Waals surface area contributed by atoms with Gasteiger partial charge in [0.2, 0.25) is 0 Å². The first-order chi connectivity index (χ1) is 10.7. The summed E-state index contributed by atoms with van der Waals surface area (Å²) in [5, 5.41) is 3.06. The molecule has 1 atom stereocenters. The summed E-state index contributed by atoms with van der Waals surface area (Å²) >= 11 is 0. The molecular weight excluding hydrogens is 276 g/mol. The molecule has 1 aliphatic heterocycles. The largest absolute Gasteiger partial charge is 0.338 e. The third-order valence-electron chi connectivity index (χ3n) is 4.79. The number of urea groups is 1.